The molecule has 0 spiro atoms. The SMILES string of the molecule is O.O.O.O.O.O.[Co+2].[O-][Cl+3]([O-])([O-])[O-].[O-][Cl+3]([O-])([O-])[O-]. The predicted molar refractivity (Wildman–Crippen MR) is 21.7 cm³/mol. The van der Waals surface area contributed by atoms with Gasteiger partial charge in [-0.3, -0.25) is 0 Å². The van der Waals surface area contributed by atoms with Gasteiger partial charge in [-0.15, -0.1) is 20.5 Å². The van der Waals surface area contributed by atoms with E-state index in [-0.39, 0.29) is 49.6 Å². The Morgan fingerprint density at radius 1 is 0.353 bits per heavy atom. The van der Waals surface area contributed by atoms with Crippen molar-refractivity contribution in [2.24, 2.45) is 0 Å². The molecule has 119 valence electrons. The topological polar surface area (TPSA) is 373 Å². The third-order valence-electron chi connectivity index (χ3n) is 0. The van der Waals surface area contributed by atoms with E-state index < -0.39 is 20.5 Å². The second-order valence-corrected chi connectivity index (χ2v) is 2.27. The van der Waals surface area contributed by atoms with Crippen molar-refractivity contribution >= 4 is 0 Å². The van der Waals surface area contributed by atoms with Gasteiger partial charge in [0.1, 0.15) is 0 Å². The molecule has 0 aromatic carbocycles. The molecule has 0 aliphatic carbocycles. The number of hydrogen-bond acceptors (Lipinski definition) is 8. The summed E-state index contributed by atoms with van der Waals surface area (Å²) in [4.78, 5) is 0. The van der Waals surface area contributed by atoms with Crippen molar-refractivity contribution in [1.82, 2.24) is 0 Å². The quantitative estimate of drug-likeness (QED) is 0.394. The molecule has 0 heterocycles. The molecular formula is H12Cl2CoO14. The molecule has 12 N–H and O–H groups in total. The summed E-state index contributed by atoms with van der Waals surface area (Å²) in [6.45, 7) is 0. The third kappa shape index (κ3) is 12600. The van der Waals surface area contributed by atoms with Crippen LogP contribution in [-0.2, 0) is 16.8 Å². The molecule has 0 aliphatic heterocycles. The van der Waals surface area contributed by atoms with E-state index in [1.54, 1.807) is 0 Å². The van der Waals surface area contributed by atoms with Gasteiger partial charge in [0.25, 0.3) is 0 Å². The zero-order valence-corrected chi connectivity index (χ0v) is 9.91. The van der Waals surface area contributed by atoms with Gasteiger partial charge >= 0.3 is 16.8 Å². The minimum absolute atomic E-state index is 0. The first-order valence-corrected chi connectivity index (χ1v) is 3.70. The van der Waals surface area contributed by atoms with Gasteiger partial charge in [-0.25, -0.2) is 37.3 Å². The monoisotopic (exact) mass is 365 g/mol. The Hall–Kier alpha value is 0.526. The first-order valence-electron chi connectivity index (χ1n) is 1.23. The van der Waals surface area contributed by atoms with Crippen molar-refractivity contribution in [2.45, 2.75) is 0 Å². The van der Waals surface area contributed by atoms with Gasteiger partial charge in [0.2, 0.25) is 0 Å². The Kier molecular flexibility index (Phi) is 98.3. The van der Waals surface area contributed by atoms with E-state index in [9.17, 15) is 0 Å². The molecule has 0 atom stereocenters. The molecular weight excluding hydrogens is 354 g/mol. The van der Waals surface area contributed by atoms with Gasteiger partial charge in [-0.2, -0.15) is 0 Å². The van der Waals surface area contributed by atoms with Crippen LogP contribution in [0.4, 0.5) is 0 Å². The summed E-state index contributed by atoms with van der Waals surface area (Å²) in [5, 5.41) is 0. The molecule has 0 unspecified atom stereocenters. The van der Waals surface area contributed by atoms with Crippen LogP contribution in [0.5, 0.6) is 0 Å². The summed E-state index contributed by atoms with van der Waals surface area (Å²) in [5.41, 5.74) is 0. The molecule has 0 saturated carbocycles. The average Bonchev–Trinajstić information content (AvgIpc) is 1.12. The predicted octanol–water partition coefficient (Wildman–Crippen LogP) is -14.5. The van der Waals surface area contributed by atoms with Gasteiger partial charge in [0.15, 0.2) is 0 Å². The van der Waals surface area contributed by atoms with Crippen molar-refractivity contribution < 1.29 is 107 Å². The van der Waals surface area contributed by atoms with Crippen LogP contribution in [0.15, 0.2) is 0 Å². The van der Waals surface area contributed by atoms with Gasteiger partial charge in [-0.1, -0.05) is 0 Å². The van der Waals surface area contributed by atoms with E-state index in [1.165, 1.54) is 0 Å². The number of hydrogen-bond donors (Lipinski definition) is 0. The Morgan fingerprint density at radius 2 is 0.353 bits per heavy atom. The van der Waals surface area contributed by atoms with Crippen LogP contribution >= 0.6 is 0 Å². The molecule has 0 rings (SSSR count). The number of rotatable bonds is 0. The fourth-order valence-corrected chi connectivity index (χ4v) is 0. The van der Waals surface area contributed by atoms with Crippen LogP contribution in [-0.4, -0.2) is 32.9 Å². The Labute approximate surface area is 108 Å². The molecule has 14 nitrogen and oxygen atoms in total. The van der Waals surface area contributed by atoms with Crippen LogP contribution in [0.1, 0.15) is 0 Å². The third-order valence-corrected chi connectivity index (χ3v) is 0. The molecule has 0 saturated heterocycles. The van der Waals surface area contributed by atoms with Crippen molar-refractivity contribution in [3.8, 4) is 0 Å². The maximum Gasteiger partial charge on any atom is 2.00 e. The maximum absolute atomic E-state index is 8.49. The summed E-state index contributed by atoms with van der Waals surface area (Å²) >= 11 is 0. The van der Waals surface area contributed by atoms with Gasteiger partial charge in [0, 0.05) is 0 Å². The zero-order chi connectivity index (χ0) is 9.00. The Bertz CT molecular complexity index is 57.2. The summed E-state index contributed by atoms with van der Waals surface area (Å²) in [5.74, 6) is 0. The van der Waals surface area contributed by atoms with E-state index in [0.29, 0.717) is 0 Å². The van der Waals surface area contributed by atoms with E-state index in [1.807, 2.05) is 0 Å². The fraction of sp³-hybridized carbons (Fsp3) is 0. The maximum atomic E-state index is 8.49. The number of halogens is 2. The molecule has 0 aromatic rings. The van der Waals surface area contributed by atoms with Crippen LogP contribution < -0.4 is 37.3 Å². The minimum atomic E-state index is -4.94. The van der Waals surface area contributed by atoms with Gasteiger partial charge in [0.05, 0.1) is 0 Å². The molecule has 0 amide bonds. The summed E-state index contributed by atoms with van der Waals surface area (Å²) in [6, 6.07) is 0. The van der Waals surface area contributed by atoms with E-state index >= 15 is 0 Å². The zero-order valence-electron chi connectivity index (χ0n) is 7.36. The van der Waals surface area contributed by atoms with Crippen LogP contribution in [0.3, 0.4) is 0 Å². The summed E-state index contributed by atoms with van der Waals surface area (Å²) in [7, 11) is -9.89. The smallest absolute Gasteiger partial charge is 0.412 e. The normalized spacial score (nSPS) is 7.06. The van der Waals surface area contributed by atoms with Crippen molar-refractivity contribution in [3.05, 3.63) is 0 Å². The van der Waals surface area contributed by atoms with Gasteiger partial charge < -0.3 is 32.9 Å². The largest absolute Gasteiger partial charge is 2.00 e. The average molecular weight is 366 g/mol. The Morgan fingerprint density at radius 3 is 0.353 bits per heavy atom. The molecule has 17 heteroatoms. The molecule has 0 fully saturated rings. The molecule has 0 aromatic heterocycles. The van der Waals surface area contributed by atoms with Crippen molar-refractivity contribution in [3.63, 3.8) is 0 Å². The van der Waals surface area contributed by atoms with Crippen molar-refractivity contribution in [2.75, 3.05) is 0 Å². The first kappa shape index (κ1) is 65.8. The molecule has 1 radical (unpaired) electrons. The molecule has 0 aliphatic rings. The fourth-order valence-electron chi connectivity index (χ4n) is 0. The summed E-state index contributed by atoms with van der Waals surface area (Å²) in [6.07, 6.45) is 0. The second-order valence-electron chi connectivity index (χ2n) is 0.756. The van der Waals surface area contributed by atoms with Crippen LogP contribution in [0, 0.1) is 20.5 Å². The van der Waals surface area contributed by atoms with Crippen molar-refractivity contribution in [1.29, 1.82) is 0 Å². The summed E-state index contributed by atoms with van der Waals surface area (Å²) < 4.78 is 67.9. The molecule has 17 heavy (non-hydrogen) atoms. The van der Waals surface area contributed by atoms with E-state index in [0.717, 1.165) is 0 Å². The minimum Gasteiger partial charge on any atom is -0.412 e. The van der Waals surface area contributed by atoms with Crippen LogP contribution in [0.2, 0.25) is 0 Å². The van der Waals surface area contributed by atoms with Gasteiger partial charge in [-0.05, 0) is 0 Å². The van der Waals surface area contributed by atoms with Crippen LogP contribution in [0.25, 0.3) is 0 Å². The Balaban J connectivity index is -0.00000000762. The van der Waals surface area contributed by atoms with E-state index in [2.05, 4.69) is 0 Å². The molecule has 0 bridgehead atoms. The second kappa shape index (κ2) is 25.4. The first-order chi connectivity index (χ1) is 4.00. The standard InChI is InChI=1S/2ClHO4.Co.6H2O/c2*2-1(3,4)5;;;;;;;/h2*(H,2,3,4,5);;6*1H2/q;;+2;;;;;;/p-2. The van der Waals surface area contributed by atoms with E-state index in [4.69, 9.17) is 37.3 Å².